The summed E-state index contributed by atoms with van der Waals surface area (Å²) in [6.07, 6.45) is 0.436. The number of hydrogen-bond donors (Lipinski definition) is 2. The van der Waals surface area contributed by atoms with Crippen LogP contribution in [0.5, 0.6) is 0 Å². The average molecular weight is 284 g/mol. The lowest BCUT2D eigenvalue weighted by atomic mass is 10.2. The Balaban J connectivity index is 1.99. The number of amides is 1. The van der Waals surface area contributed by atoms with Crippen LogP contribution in [0.3, 0.4) is 0 Å². The molecule has 1 aromatic carbocycles. The highest BCUT2D eigenvalue weighted by Crippen LogP contribution is 2.39. The van der Waals surface area contributed by atoms with Gasteiger partial charge in [-0.05, 0) is 34.5 Å². The van der Waals surface area contributed by atoms with E-state index in [9.17, 15) is 9.59 Å². The Labute approximate surface area is 101 Å². The van der Waals surface area contributed by atoms with E-state index in [1.807, 2.05) is 18.2 Å². The lowest BCUT2D eigenvalue weighted by Crippen LogP contribution is -2.17. The van der Waals surface area contributed by atoms with Gasteiger partial charge in [0.25, 0.3) is 0 Å². The van der Waals surface area contributed by atoms with Gasteiger partial charge in [-0.15, -0.1) is 0 Å². The summed E-state index contributed by atoms with van der Waals surface area (Å²) in [5.74, 6) is -2.02. The molecule has 0 spiro atoms. The van der Waals surface area contributed by atoms with Crippen LogP contribution in [-0.2, 0) is 9.59 Å². The molecule has 4 nitrogen and oxygen atoms in total. The van der Waals surface area contributed by atoms with E-state index in [4.69, 9.17) is 5.11 Å². The predicted octanol–water partition coefficient (Wildman–Crippen LogP) is 2.11. The second kappa shape index (κ2) is 4.25. The molecular weight excluding hydrogens is 274 g/mol. The summed E-state index contributed by atoms with van der Waals surface area (Å²) in [4.78, 5) is 22.3. The van der Waals surface area contributed by atoms with E-state index in [1.54, 1.807) is 6.07 Å². The molecule has 1 amide bonds. The van der Waals surface area contributed by atoms with E-state index in [0.29, 0.717) is 12.1 Å². The van der Waals surface area contributed by atoms with Gasteiger partial charge in [0.05, 0.1) is 17.5 Å². The van der Waals surface area contributed by atoms with Crippen molar-refractivity contribution in [2.45, 2.75) is 6.42 Å². The number of carbonyl (C=O) groups excluding carboxylic acids is 1. The number of anilines is 1. The molecule has 84 valence electrons. The van der Waals surface area contributed by atoms with Crippen LogP contribution in [-0.4, -0.2) is 17.0 Å². The van der Waals surface area contributed by atoms with Crippen LogP contribution in [0.15, 0.2) is 28.7 Å². The molecule has 2 atom stereocenters. The SMILES string of the molecule is O=C(O)[C@H]1C[C@@H]1C(=O)Nc1ccccc1Br. The van der Waals surface area contributed by atoms with Crippen LogP contribution in [0.4, 0.5) is 5.69 Å². The standard InChI is InChI=1S/C11H10BrNO3/c12-8-3-1-2-4-9(8)13-10(14)6-5-7(6)11(15)16/h1-4,6-7H,5H2,(H,13,14)(H,15,16)/t6-,7-/m0/s1. The molecular formula is C11H10BrNO3. The number of hydrogen-bond acceptors (Lipinski definition) is 2. The predicted molar refractivity (Wildman–Crippen MR) is 62.0 cm³/mol. The Bertz CT molecular complexity index is 447. The smallest absolute Gasteiger partial charge is 0.307 e. The molecule has 0 aliphatic heterocycles. The van der Waals surface area contributed by atoms with Crippen molar-refractivity contribution in [2.24, 2.45) is 11.8 Å². The highest BCUT2D eigenvalue weighted by Gasteiger charge is 2.48. The summed E-state index contributed by atoms with van der Waals surface area (Å²) >= 11 is 3.31. The van der Waals surface area contributed by atoms with Gasteiger partial charge in [0, 0.05) is 4.47 Å². The number of nitrogens with one attached hydrogen (secondary N) is 1. The van der Waals surface area contributed by atoms with Gasteiger partial charge < -0.3 is 10.4 Å². The van der Waals surface area contributed by atoms with Crippen molar-refractivity contribution >= 4 is 33.5 Å². The first-order valence-electron chi connectivity index (χ1n) is 4.88. The van der Waals surface area contributed by atoms with Crippen molar-refractivity contribution in [3.8, 4) is 0 Å². The van der Waals surface area contributed by atoms with Crippen molar-refractivity contribution in [2.75, 3.05) is 5.32 Å². The summed E-state index contributed by atoms with van der Waals surface area (Å²) in [6, 6.07) is 7.23. The molecule has 0 heterocycles. The van der Waals surface area contributed by atoms with E-state index in [0.717, 1.165) is 4.47 Å². The fourth-order valence-corrected chi connectivity index (χ4v) is 1.93. The summed E-state index contributed by atoms with van der Waals surface area (Å²) in [6.45, 7) is 0. The summed E-state index contributed by atoms with van der Waals surface area (Å²) in [5, 5.41) is 11.4. The minimum atomic E-state index is -0.896. The number of rotatable bonds is 3. The molecule has 1 aromatic rings. The summed E-state index contributed by atoms with van der Waals surface area (Å²) < 4.78 is 0.788. The van der Waals surface area contributed by atoms with E-state index in [-0.39, 0.29) is 11.8 Å². The highest BCUT2D eigenvalue weighted by molar-refractivity contribution is 9.10. The number of halogens is 1. The number of aliphatic carboxylic acids is 1. The minimum Gasteiger partial charge on any atom is -0.481 e. The maximum absolute atomic E-state index is 11.6. The molecule has 5 heteroatoms. The summed E-state index contributed by atoms with van der Waals surface area (Å²) in [7, 11) is 0. The third kappa shape index (κ3) is 2.24. The molecule has 0 unspecified atom stereocenters. The Morgan fingerprint density at radius 1 is 1.31 bits per heavy atom. The van der Waals surface area contributed by atoms with Gasteiger partial charge in [-0.25, -0.2) is 0 Å². The van der Waals surface area contributed by atoms with Crippen LogP contribution in [0.25, 0.3) is 0 Å². The molecule has 0 radical (unpaired) electrons. The maximum atomic E-state index is 11.6. The van der Waals surface area contributed by atoms with E-state index >= 15 is 0 Å². The second-order valence-electron chi connectivity index (χ2n) is 3.76. The number of para-hydroxylation sites is 1. The molecule has 2 N–H and O–H groups in total. The Hall–Kier alpha value is -1.36. The van der Waals surface area contributed by atoms with Crippen LogP contribution < -0.4 is 5.32 Å². The van der Waals surface area contributed by atoms with Gasteiger partial charge >= 0.3 is 5.97 Å². The fourth-order valence-electron chi connectivity index (χ4n) is 1.55. The van der Waals surface area contributed by atoms with Crippen LogP contribution in [0.2, 0.25) is 0 Å². The molecule has 1 saturated carbocycles. The number of carboxylic acid groups (broad SMARTS) is 1. The van der Waals surface area contributed by atoms with Crippen molar-refractivity contribution in [1.82, 2.24) is 0 Å². The largest absolute Gasteiger partial charge is 0.481 e. The first-order valence-corrected chi connectivity index (χ1v) is 5.67. The van der Waals surface area contributed by atoms with Crippen molar-refractivity contribution in [3.05, 3.63) is 28.7 Å². The molecule has 1 aliphatic rings. The third-order valence-electron chi connectivity index (χ3n) is 2.58. The lowest BCUT2D eigenvalue weighted by Gasteiger charge is -2.05. The Morgan fingerprint density at radius 2 is 2.00 bits per heavy atom. The van der Waals surface area contributed by atoms with E-state index in [2.05, 4.69) is 21.2 Å². The first kappa shape index (κ1) is 11.1. The van der Waals surface area contributed by atoms with Gasteiger partial charge in [0.1, 0.15) is 0 Å². The highest BCUT2D eigenvalue weighted by atomic mass is 79.9. The molecule has 1 fully saturated rings. The van der Waals surface area contributed by atoms with Gasteiger partial charge in [-0.3, -0.25) is 9.59 Å². The molecule has 0 saturated heterocycles. The van der Waals surface area contributed by atoms with Crippen LogP contribution >= 0.6 is 15.9 Å². The zero-order chi connectivity index (χ0) is 11.7. The normalized spacial score (nSPS) is 22.6. The first-order chi connectivity index (χ1) is 7.59. The molecule has 2 rings (SSSR count). The Kier molecular flexibility index (Phi) is 2.96. The average Bonchev–Trinajstić information content (AvgIpc) is 3.01. The molecule has 16 heavy (non-hydrogen) atoms. The van der Waals surface area contributed by atoms with Crippen molar-refractivity contribution in [1.29, 1.82) is 0 Å². The van der Waals surface area contributed by atoms with Gasteiger partial charge in [-0.1, -0.05) is 12.1 Å². The van der Waals surface area contributed by atoms with Gasteiger partial charge in [0.15, 0.2) is 0 Å². The second-order valence-corrected chi connectivity index (χ2v) is 4.61. The van der Waals surface area contributed by atoms with Gasteiger partial charge in [-0.2, -0.15) is 0 Å². The molecule has 0 aromatic heterocycles. The number of carbonyl (C=O) groups is 2. The van der Waals surface area contributed by atoms with E-state index < -0.39 is 11.9 Å². The third-order valence-corrected chi connectivity index (χ3v) is 3.27. The summed E-state index contributed by atoms with van der Waals surface area (Å²) in [5.41, 5.74) is 0.670. The zero-order valence-electron chi connectivity index (χ0n) is 8.31. The van der Waals surface area contributed by atoms with Crippen molar-refractivity contribution < 1.29 is 14.7 Å². The lowest BCUT2D eigenvalue weighted by molar-refractivity contribution is -0.139. The van der Waals surface area contributed by atoms with E-state index in [1.165, 1.54) is 0 Å². The molecule has 0 bridgehead atoms. The van der Waals surface area contributed by atoms with Crippen LogP contribution in [0.1, 0.15) is 6.42 Å². The quantitative estimate of drug-likeness (QED) is 0.893. The molecule has 1 aliphatic carbocycles. The van der Waals surface area contributed by atoms with Gasteiger partial charge in [0.2, 0.25) is 5.91 Å². The topological polar surface area (TPSA) is 66.4 Å². The minimum absolute atomic E-state index is 0.223. The zero-order valence-corrected chi connectivity index (χ0v) is 9.90. The fraction of sp³-hybridized carbons (Fsp3) is 0.273. The number of carboxylic acids is 1. The Morgan fingerprint density at radius 3 is 2.56 bits per heavy atom. The monoisotopic (exact) mass is 283 g/mol. The maximum Gasteiger partial charge on any atom is 0.307 e. The van der Waals surface area contributed by atoms with Crippen molar-refractivity contribution in [3.63, 3.8) is 0 Å². The van der Waals surface area contributed by atoms with Crippen LogP contribution in [0, 0.1) is 11.8 Å². The number of benzene rings is 1.